The summed E-state index contributed by atoms with van der Waals surface area (Å²) in [6.07, 6.45) is 0.400. The Bertz CT molecular complexity index is 572. The minimum absolute atomic E-state index is 0.149. The molecule has 2 amide bonds. The molecule has 1 rings (SSSR count). The standard InChI is InChI=1S/C16H21ClN2O4/c1-9(2)8-13(15(21)18-10(3)16(22)23)19-14(20)11-4-6-12(17)7-5-11/h4-7,9-10,13H,8H2,1-3H3,(H,18,21)(H,19,20)(H,22,23)/t10-,13?/m0/s1. The molecule has 2 atom stereocenters. The molecule has 23 heavy (non-hydrogen) atoms. The summed E-state index contributed by atoms with van der Waals surface area (Å²) in [5, 5.41) is 14.4. The van der Waals surface area contributed by atoms with Gasteiger partial charge in [0.05, 0.1) is 0 Å². The van der Waals surface area contributed by atoms with Gasteiger partial charge in [-0.1, -0.05) is 25.4 Å². The molecule has 0 radical (unpaired) electrons. The van der Waals surface area contributed by atoms with Crippen molar-refractivity contribution in [2.75, 3.05) is 0 Å². The van der Waals surface area contributed by atoms with Crippen LogP contribution in [0.1, 0.15) is 37.6 Å². The highest BCUT2D eigenvalue weighted by atomic mass is 35.5. The van der Waals surface area contributed by atoms with Crippen molar-refractivity contribution in [1.82, 2.24) is 10.6 Å². The fourth-order valence-corrected chi connectivity index (χ4v) is 2.05. The van der Waals surface area contributed by atoms with Crippen LogP contribution >= 0.6 is 11.6 Å². The van der Waals surface area contributed by atoms with Crippen molar-refractivity contribution >= 4 is 29.4 Å². The van der Waals surface area contributed by atoms with Gasteiger partial charge in [0, 0.05) is 10.6 Å². The Balaban J connectivity index is 2.81. The van der Waals surface area contributed by atoms with Crippen molar-refractivity contribution in [2.24, 2.45) is 5.92 Å². The number of hydrogen-bond acceptors (Lipinski definition) is 3. The molecule has 0 aromatic heterocycles. The minimum Gasteiger partial charge on any atom is -0.480 e. The van der Waals surface area contributed by atoms with Crippen molar-refractivity contribution in [1.29, 1.82) is 0 Å². The van der Waals surface area contributed by atoms with Crippen molar-refractivity contribution in [3.8, 4) is 0 Å². The second-order valence-electron chi connectivity index (χ2n) is 5.73. The number of carboxylic acids is 1. The van der Waals surface area contributed by atoms with E-state index >= 15 is 0 Å². The molecule has 0 fully saturated rings. The van der Waals surface area contributed by atoms with Gasteiger partial charge in [0.25, 0.3) is 5.91 Å². The number of amides is 2. The number of hydrogen-bond donors (Lipinski definition) is 3. The van der Waals surface area contributed by atoms with Crippen LogP contribution in [0.4, 0.5) is 0 Å². The molecular weight excluding hydrogens is 320 g/mol. The largest absolute Gasteiger partial charge is 0.480 e. The monoisotopic (exact) mass is 340 g/mol. The third-order valence-corrected chi connectivity index (χ3v) is 3.42. The number of rotatable bonds is 7. The van der Waals surface area contributed by atoms with E-state index in [0.29, 0.717) is 17.0 Å². The first-order chi connectivity index (χ1) is 10.7. The van der Waals surface area contributed by atoms with Gasteiger partial charge in [0.15, 0.2) is 0 Å². The summed E-state index contributed by atoms with van der Waals surface area (Å²) >= 11 is 5.78. The fraction of sp³-hybridized carbons (Fsp3) is 0.438. The van der Waals surface area contributed by atoms with E-state index in [9.17, 15) is 14.4 Å². The summed E-state index contributed by atoms with van der Waals surface area (Å²) in [7, 11) is 0. The lowest BCUT2D eigenvalue weighted by Gasteiger charge is -2.21. The first-order valence-corrected chi connectivity index (χ1v) is 7.68. The van der Waals surface area contributed by atoms with E-state index in [2.05, 4.69) is 10.6 Å². The van der Waals surface area contributed by atoms with E-state index in [1.54, 1.807) is 24.3 Å². The van der Waals surface area contributed by atoms with Crippen molar-refractivity contribution in [3.63, 3.8) is 0 Å². The molecule has 0 aliphatic carbocycles. The molecule has 0 aliphatic rings. The molecule has 0 saturated heterocycles. The molecule has 7 heteroatoms. The number of carbonyl (C=O) groups excluding carboxylic acids is 2. The van der Waals surface area contributed by atoms with Gasteiger partial charge in [-0.3, -0.25) is 14.4 Å². The average molecular weight is 341 g/mol. The third kappa shape index (κ3) is 6.28. The second-order valence-corrected chi connectivity index (χ2v) is 6.17. The number of nitrogens with one attached hydrogen (secondary N) is 2. The maximum Gasteiger partial charge on any atom is 0.325 e. The Morgan fingerprint density at radius 3 is 2.13 bits per heavy atom. The number of benzene rings is 1. The van der Waals surface area contributed by atoms with Gasteiger partial charge >= 0.3 is 5.97 Å². The van der Waals surface area contributed by atoms with Gasteiger partial charge in [-0.15, -0.1) is 0 Å². The molecule has 0 saturated carbocycles. The molecule has 6 nitrogen and oxygen atoms in total. The van der Waals surface area contributed by atoms with Gasteiger partial charge in [-0.25, -0.2) is 0 Å². The SMILES string of the molecule is CC(C)CC(NC(=O)c1ccc(Cl)cc1)C(=O)N[C@@H](C)C(=O)O. The number of halogens is 1. The zero-order valence-corrected chi connectivity index (χ0v) is 14.1. The van der Waals surface area contributed by atoms with Crippen LogP contribution in [0.25, 0.3) is 0 Å². The Morgan fingerprint density at radius 2 is 1.65 bits per heavy atom. The predicted molar refractivity (Wildman–Crippen MR) is 87.4 cm³/mol. The molecule has 1 unspecified atom stereocenters. The summed E-state index contributed by atoms with van der Waals surface area (Å²) < 4.78 is 0. The van der Waals surface area contributed by atoms with Gasteiger partial charge in [0.2, 0.25) is 5.91 Å². The topological polar surface area (TPSA) is 95.5 Å². The lowest BCUT2D eigenvalue weighted by molar-refractivity contribution is -0.141. The highest BCUT2D eigenvalue weighted by molar-refractivity contribution is 6.30. The highest BCUT2D eigenvalue weighted by Crippen LogP contribution is 2.11. The Hall–Kier alpha value is -2.08. The summed E-state index contributed by atoms with van der Waals surface area (Å²) in [6, 6.07) is 4.45. The van der Waals surface area contributed by atoms with Crippen molar-refractivity contribution in [3.05, 3.63) is 34.9 Å². The van der Waals surface area contributed by atoms with E-state index in [4.69, 9.17) is 16.7 Å². The maximum absolute atomic E-state index is 12.2. The molecule has 0 aliphatic heterocycles. The van der Waals surface area contributed by atoms with Crippen LogP contribution in [-0.4, -0.2) is 35.0 Å². The first kappa shape index (κ1) is 19.0. The maximum atomic E-state index is 12.2. The number of carboxylic acid groups (broad SMARTS) is 1. The first-order valence-electron chi connectivity index (χ1n) is 7.30. The summed E-state index contributed by atoms with van der Waals surface area (Å²) in [4.78, 5) is 35.3. The van der Waals surface area contributed by atoms with Crippen LogP contribution in [0, 0.1) is 5.92 Å². The summed E-state index contributed by atoms with van der Waals surface area (Å²) in [5.41, 5.74) is 0.377. The van der Waals surface area contributed by atoms with E-state index in [-0.39, 0.29) is 5.92 Å². The third-order valence-electron chi connectivity index (χ3n) is 3.16. The second kappa shape index (κ2) is 8.53. The van der Waals surface area contributed by atoms with Crippen LogP contribution < -0.4 is 10.6 Å². The van der Waals surface area contributed by atoms with Crippen LogP contribution in [0.5, 0.6) is 0 Å². The summed E-state index contributed by atoms with van der Waals surface area (Å²) in [5.74, 6) is -1.91. The Kier molecular flexibility index (Phi) is 7.03. The molecule has 1 aromatic carbocycles. The average Bonchev–Trinajstić information content (AvgIpc) is 2.46. The van der Waals surface area contributed by atoms with E-state index in [0.717, 1.165) is 0 Å². The molecule has 0 spiro atoms. The quantitative estimate of drug-likeness (QED) is 0.708. The van der Waals surface area contributed by atoms with Gasteiger partial charge in [-0.05, 0) is 43.5 Å². The Morgan fingerprint density at radius 1 is 1.09 bits per heavy atom. The lowest BCUT2D eigenvalue weighted by atomic mass is 10.0. The Labute approximate surface area is 140 Å². The predicted octanol–water partition coefficient (Wildman–Crippen LogP) is 2.07. The van der Waals surface area contributed by atoms with E-state index in [1.807, 2.05) is 13.8 Å². The van der Waals surface area contributed by atoms with Crippen molar-refractivity contribution < 1.29 is 19.5 Å². The van der Waals surface area contributed by atoms with Gasteiger partial charge < -0.3 is 15.7 Å². The van der Waals surface area contributed by atoms with Crippen LogP contribution in [0.2, 0.25) is 5.02 Å². The minimum atomic E-state index is -1.13. The van der Waals surface area contributed by atoms with Gasteiger partial charge in [-0.2, -0.15) is 0 Å². The molecule has 0 heterocycles. The van der Waals surface area contributed by atoms with Gasteiger partial charge in [0.1, 0.15) is 12.1 Å². The molecule has 126 valence electrons. The normalized spacial score (nSPS) is 13.3. The molecule has 1 aromatic rings. The van der Waals surface area contributed by atoms with E-state index in [1.165, 1.54) is 6.92 Å². The van der Waals surface area contributed by atoms with E-state index < -0.39 is 29.9 Å². The molecule has 0 bridgehead atoms. The highest BCUT2D eigenvalue weighted by Gasteiger charge is 2.25. The molecule has 3 N–H and O–H groups in total. The number of carbonyl (C=O) groups is 3. The fourth-order valence-electron chi connectivity index (χ4n) is 1.92. The van der Waals surface area contributed by atoms with Crippen LogP contribution in [-0.2, 0) is 9.59 Å². The smallest absolute Gasteiger partial charge is 0.325 e. The van der Waals surface area contributed by atoms with Crippen LogP contribution in [0.15, 0.2) is 24.3 Å². The zero-order valence-electron chi connectivity index (χ0n) is 13.3. The summed E-state index contributed by atoms with van der Waals surface area (Å²) in [6.45, 7) is 5.19. The number of aliphatic carboxylic acids is 1. The van der Waals surface area contributed by atoms with Crippen LogP contribution in [0.3, 0.4) is 0 Å². The zero-order chi connectivity index (χ0) is 17.6. The molecular formula is C16H21ClN2O4. The van der Waals surface area contributed by atoms with Crippen molar-refractivity contribution in [2.45, 2.75) is 39.3 Å². The lowest BCUT2D eigenvalue weighted by Crippen LogP contribution is -2.51.